The van der Waals surface area contributed by atoms with E-state index in [9.17, 15) is 0 Å². The van der Waals surface area contributed by atoms with Gasteiger partial charge in [-0.15, -0.1) is 0 Å². The van der Waals surface area contributed by atoms with Gasteiger partial charge < -0.3 is 16.0 Å². The number of piperidine rings is 1. The van der Waals surface area contributed by atoms with Crippen LogP contribution in [0.15, 0.2) is 0 Å². The number of nitrogens with two attached hydrogens (primary N) is 1. The van der Waals surface area contributed by atoms with Crippen LogP contribution in [0.2, 0.25) is 0 Å². The van der Waals surface area contributed by atoms with E-state index in [0.29, 0.717) is 12.1 Å². The number of hydrogen-bond acceptors (Lipinski definition) is 4. The van der Waals surface area contributed by atoms with Crippen molar-refractivity contribution in [3.8, 4) is 0 Å². The summed E-state index contributed by atoms with van der Waals surface area (Å²) in [5.74, 6) is 1.02. The molecule has 2 aliphatic heterocycles. The van der Waals surface area contributed by atoms with E-state index in [0.717, 1.165) is 23.2 Å². The first-order chi connectivity index (χ1) is 9.56. The van der Waals surface area contributed by atoms with Gasteiger partial charge in [0.1, 0.15) is 5.82 Å². The zero-order chi connectivity index (χ0) is 14.3. The second-order valence-corrected chi connectivity index (χ2v) is 6.58. The molecule has 0 aliphatic carbocycles. The first-order valence-corrected chi connectivity index (χ1v) is 7.91. The fourth-order valence-electron chi connectivity index (χ4n) is 3.63. The third kappa shape index (κ3) is 2.39. The third-order valence-corrected chi connectivity index (χ3v) is 4.78. The number of nitrogens with one attached hydrogen (secondary N) is 1. The average molecular weight is 277 g/mol. The van der Waals surface area contributed by atoms with Crippen LogP contribution in [-0.4, -0.2) is 39.9 Å². The van der Waals surface area contributed by atoms with E-state index in [1.807, 2.05) is 11.6 Å². The van der Waals surface area contributed by atoms with E-state index < -0.39 is 0 Å². The van der Waals surface area contributed by atoms with Gasteiger partial charge in [0.25, 0.3) is 0 Å². The molecule has 0 spiro atoms. The average Bonchev–Trinajstić information content (AvgIpc) is 2.98. The van der Waals surface area contributed by atoms with Crippen LogP contribution in [0.1, 0.15) is 51.3 Å². The number of anilines is 2. The van der Waals surface area contributed by atoms with E-state index in [1.165, 1.54) is 38.8 Å². The topological polar surface area (TPSA) is 59.1 Å². The third-order valence-electron chi connectivity index (χ3n) is 4.78. The summed E-state index contributed by atoms with van der Waals surface area (Å²) in [5, 5.41) is 8.24. The van der Waals surface area contributed by atoms with E-state index in [4.69, 9.17) is 5.73 Å². The molecule has 2 fully saturated rings. The summed E-state index contributed by atoms with van der Waals surface area (Å²) in [7, 11) is 0. The molecule has 0 amide bonds. The van der Waals surface area contributed by atoms with Crippen molar-refractivity contribution in [2.24, 2.45) is 0 Å². The highest BCUT2D eigenvalue weighted by Crippen LogP contribution is 2.31. The molecule has 5 nitrogen and oxygen atoms in total. The molecule has 2 atom stereocenters. The Labute approximate surface area is 121 Å². The summed E-state index contributed by atoms with van der Waals surface area (Å²) < 4.78 is 2.03. The second kappa shape index (κ2) is 5.28. The lowest BCUT2D eigenvalue weighted by atomic mass is 9.97. The van der Waals surface area contributed by atoms with Crippen LogP contribution >= 0.6 is 0 Å². The predicted octanol–water partition coefficient (Wildman–Crippen LogP) is 2.39. The van der Waals surface area contributed by atoms with Crippen molar-refractivity contribution >= 4 is 11.5 Å². The van der Waals surface area contributed by atoms with Crippen molar-refractivity contribution in [3.05, 3.63) is 5.69 Å². The van der Waals surface area contributed by atoms with E-state index >= 15 is 0 Å². The number of aromatic nitrogens is 2. The minimum Gasteiger partial charge on any atom is -0.394 e. The zero-order valence-electron chi connectivity index (χ0n) is 12.9. The van der Waals surface area contributed by atoms with Crippen LogP contribution in [0, 0.1) is 6.92 Å². The van der Waals surface area contributed by atoms with Gasteiger partial charge in [-0.05, 0) is 53.0 Å². The van der Waals surface area contributed by atoms with Gasteiger partial charge in [0, 0.05) is 24.7 Å². The fraction of sp³-hybridized carbons (Fsp3) is 0.800. The molecule has 112 valence electrons. The molecule has 0 saturated carbocycles. The fourth-order valence-corrected chi connectivity index (χ4v) is 3.63. The molecule has 1 aromatic heterocycles. The molecule has 2 saturated heterocycles. The second-order valence-electron chi connectivity index (χ2n) is 6.58. The van der Waals surface area contributed by atoms with Crippen LogP contribution in [0.3, 0.4) is 0 Å². The van der Waals surface area contributed by atoms with Crippen molar-refractivity contribution in [1.29, 1.82) is 0 Å². The smallest absolute Gasteiger partial charge is 0.148 e. The predicted molar refractivity (Wildman–Crippen MR) is 83.0 cm³/mol. The molecule has 2 unspecified atom stereocenters. The molecule has 0 aromatic carbocycles. The number of nitrogens with zero attached hydrogens (tertiary/aromatic N) is 3. The highest BCUT2D eigenvalue weighted by Gasteiger charge is 2.32. The molecule has 5 heteroatoms. The maximum atomic E-state index is 6.21. The molecular weight excluding hydrogens is 250 g/mol. The number of aryl methyl sites for hydroxylation is 1. The number of rotatable bonds is 3. The van der Waals surface area contributed by atoms with Crippen molar-refractivity contribution < 1.29 is 0 Å². The van der Waals surface area contributed by atoms with Crippen molar-refractivity contribution in [3.63, 3.8) is 0 Å². The number of hydrogen-bond donors (Lipinski definition) is 2. The SMILES string of the molecule is Cc1nn(C(C)C)c(NC2CCN3CCCC3C2)c1N. The highest BCUT2D eigenvalue weighted by atomic mass is 15.4. The minimum absolute atomic E-state index is 0.333. The Kier molecular flexibility index (Phi) is 3.63. The lowest BCUT2D eigenvalue weighted by Gasteiger charge is -2.35. The van der Waals surface area contributed by atoms with Gasteiger partial charge in [-0.1, -0.05) is 0 Å². The van der Waals surface area contributed by atoms with Crippen LogP contribution in [0.25, 0.3) is 0 Å². The van der Waals surface area contributed by atoms with Gasteiger partial charge in [-0.2, -0.15) is 5.10 Å². The highest BCUT2D eigenvalue weighted by molar-refractivity contribution is 5.65. The maximum Gasteiger partial charge on any atom is 0.148 e. The lowest BCUT2D eigenvalue weighted by Crippen LogP contribution is -2.43. The molecule has 3 rings (SSSR count). The summed E-state index contributed by atoms with van der Waals surface area (Å²) in [6.07, 6.45) is 5.17. The molecule has 2 aliphatic rings. The van der Waals surface area contributed by atoms with Gasteiger partial charge in [0.05, 0.1) is 11.4 Å². The monoisotopic (exact) mass is 277 g/mol. The Bertz CT molecular complexity index is 479. The summed E-state index contributed by atoms with van der Waals surface area (Å²) in [6.45, 7) is 8.80. The van der Waals surface area contributed by atoms with Gasteiger partial charge in [0.15, 0.2) is 0 Å². The Morgan fingerprint density at radius 1 is 1.30 bits per heavy atom. The molecule has 0 bridgehead atoms. The van der Waals surface area contributed by atoms with E-state index in [1.54, 1.807) is 0 Å². The first-order valence-electron chi connectivity index (χ1n) is 7.91. The summed E-state index contributed by atoms with van der Waals surface area (Å²) in [6, 6.07) is 1.64. The van der Waals surface area contributed by atoms with Crippen molar-refractivity contribution in [1.82, 2.24) is 14.7 Å². The van der Waals surface area contributed by atoms with Crippen LogP contribution in [0.5, 0.6) is 0 Å². The molecule has 3 heterocycles. The Morgan fingerprint density at radius 2 is 2.10 bits per heavy atom. The zero-order valence-corrected chi connectivity index (χ0v) is 12.9. The molecule has 1 aromatic rings. The first kappa shape index (κ1) is 13.7. The maximum absolute atomic E-state index is 6.21. The van der Waals surface area contributed by atoms with E-state index in [2.05, 4.69) is 29.2 Å². The summed E-state index contributed by atoms with van der Waals surface area (Å²) in [4.78, 5) is 2.65. The normalized spacial score (nSPS) is 27.0. The van der Waals surface area contributed by atoms with Crippen molar-refractivity contribution in [2.75, 3.05) is 24.1 Å². The minimum atomic E-state index is 0.333. The van der Waals surface area contributed by atoms with Crippen LogP contribution < -0.4 is 11.1 Å². The van der Waals surface area contributed by atoms with Gasteiger partial charge in [-0.25, -0.2) is 4.68 Å². The quantitative estimate of drug-likeness (QED) is 0.890. The standard InChI is InChI=1S/C15H27N5/c1-10(2)20-15(14(16)11(3)18-20)17-12-6-8-19-7-4-5-13(19)9-12/h10,12-13,17H,4-9,16H2,1-3H3. The molecule has 20 heavy (non-hydrogen) atoms. The number of nitrogen functional groups attached to an aromatic ring is 1. The lowest BCUT2D eigenvalue weighted by molar-refractivity contribution is 0.187. The Morgan fingerprint density at radius 3 is 2.85 bits per heavy atom. The molecular formula is C15H27N5. The Hall–Kier alpha value is -1.23. The van der Waals surface area contributed by atoms with Gasteiger partial charge in [-0.3, -0.25) is 0 Å². The summed E-state index contributed by atoms with van der Waals surface area (Å²) >= 11 is 0. The largest absolute Gasteiger partial charge is 0.394 e. The number of fused-ring (bicyclic) bond motifs is 1. The molecule has 3 N–H and O–H groups in total. The van der Waals surface area contributed by atoms with Gasteiger partial charge in [0.2, 0.25) is 0 Å². The van der Waals surface area contributed by atoms with E-state index in [-0.39, 0.29) is 0 Å². The Balaban J connectivity index is 1.74. The van der Waals surface area contributed by atoms with Gasteiger partial charge >= 0.3 is 0 Å². The van der Waals surface area contributed by atoms with Crippen LogP contribution in [0.4, 0.5) is 11.5 Å². The summed E-state index contributed by atoms with van der Waals surface area (Å²) in [5.41, 5.74) is 7.95. The molecule has 0 radical (unpaired) electrons. The van der Waals surface area contributed by atoms with Crippen LogP contribution in [-0.2, 0) is 0 Å². The van der Waals surface area contributed by atoms with Crippen molar-refractivity contribution in [2.45, 2.75) is 64.6 Å².